The first kappa shape index (κ1) is 40.2. The number of Topliss-reactive ketones (excluding diaryl/α,β-unsaturated/α-hetero) is 2. The molecule has 6 heteroatoms. The van der Waals surface area contributed by atoms with Gasteiger partial charge in [-0.1, -0.05) is 83.1 Å². The summed E-state index contributed by atoms with van der Waals surface area (Å²) in [5.41, 5.74) is 11.8. The Morgan fingerprint density at radius 1 is 0.423 bits per heavy atom. The minimum Gasteiger partial charge on any atom is -0.289 e. The van der Waals surface area contributed by atoms with Gasteiger partial charge in [0.1, 0.15) is 0 Å². The van der Waals surface area contributed by atoms with E-state index in [0.717, 1.165) is 78.2 Å². The zero-order valence-electron chi connectivity index (χ0n) is 34.4. The lowest BCUT2D eigenvalue weighted by Gasteiger charge is -2.31. The molecule has 0 radical (unpaired) electrons. The standard InChI is InChI=1S/C46H58N4O2/c1-27-19-39(49-47-25-31-21-35(43(5,6)7)41(51)36(22-31)44(8,9)10)29(3)17-33(27)34-18-30(4)40(20-28(34)2)50-48-26-32-23-37(45(11,12)13)42(52)38(24-32)46(14,15)16/h17-26H,1-16H3. The molecule has 52 heavy (non-hydrogen) atoms. The highest BCUT2D eigenvalue weighted by atomic mass is 16.1. The molecule has 0 amide bonds. The highest BCUT2D eigenvalue weighted by Gasteiger charge is 2.35. The van der Waals surface area contributed by atoms with Gasteiger partial charge in [0.2, 0.25) is 0 Å². The summed E-state index contributed by atoms with van der Waals surface area (Å²) in [6.07, 6.45) is 11.3. The maximum Gasteiger partial charge on any atom is 0.186 e. The van der Waals surface area contributed by atoms with Crippen molar-refractivity contribution in [3.05, 3.63) is 117 Å². The Morgan fingerprint density at radius 3 is 0.942 bits per heavy atom. The smallest absolute Gasteiger partial charge is 0.186 e. The van der Waals surface area contributed by atoms with Gasteiger partial charge in [-0.3, -0.25) is 9.59 Å². The topological polar surface area (TPSA) is 83.6 Å². The summed E-state index contributed by atoms with van der Waals surface area (Å²) >= 11 is 0. The van der Waals surface area contributed by atoms with Crippen molar-refractivity contribution in [3.8, 4) is 11.1 Å². The molecule has 2 aromatic carbocycles. The summed E-state index contributed by atoms with van der Waals surface area (Å²) in [4.78, 5) is 26.6. The van der Waals surface area contributed by atoms with Gasteiger partial charge in [0.25, 0.3) is 0 Å². The van der Waals surface area contributed by atoms with Crippen LogP contribution < -0.4 is 0 Å². The molecule has 0 saturated carbocycles. The first-order chi connectivity index (χ1) is 23.8. The van der Waals surface area contributed by atoms with Gasteiger partial charge in [0.05, 0.1) is 23.8 Å². The Morgan fingerprint density at radius 2 is 0.692 bits per heavy atom. The van der Waals surface area contributed by atoms with Crippen molar-refractivity contribution >= 4 is 22.9 Å². The molecule has 2 aliphatic carbocycles. The van der Waals surface area contributed by atoms with Crippen LogP contribution in [-0.4, -0.2) is 11.6 Å². The number of benzene rings is 2. The Hall–Kier alpha value is -4.58. The lowest BCUT2D eigenvalue weighted by molar-refractivity contribution is -0.114. The molecule has 0 aliphatic heterocycles. The van der Waals surface area contributed by atoms with E-state index in [1.807, 2.05) is 24.3 Å². The second kappa shape index (κ2) is 14.4. The zero-order valence-corrected chi connectivity index (χ0v) is 34.4. The van der Waals surface area contributed by atoms with E-state index in [2.05, 4.69) is 156 Å². The van der Waals surface area contributed by atoms with Gasteiger partial charge >= 0.3 is 0 Å². The predicted octanol–water partition coefficient (Wildman–Crippen LogP) is 13.6. The number of hydrogen-bond donors (Lipinski definition) is 0. The first-order valence-corrected chi connectivity index (χ1v) is 18.2. The fraction of sp³-hybridized carbons (Fsp3) is 0.435. The van der Waals surface area contributed by atoms with Crippen molar-refractivity contribution in [1.29, 1.82) is 0 Å². The minimum atomic E-state index is -0.281. The van der Waals surface area contributed by atoms with E-state index < -0.39 is 0 Å². The van der Waals surface area contributed by atoms with Crippen LogP contribution in [-0.2, 0) is 9.59 Å². The highest BCUT2D eigenvalue weighted by molar-refractivity contribution is 6.12. The van der Waals surface area contributed by atoms with Crippen LogP contribution in [0.5, 0.6) is 0 Å². The number of allylic oxidation sites excluding steroid dienone is 10. The van der Waals surface area contributed by atoms with E-state index in [9.17, 15) is 9.59 Å². The number of azo groups is 2. The third-order valence-corrected chi connectivity index (χ3v) is 9.58. The number of carbonyl (C=O) groups excluding carboxylic acids is 2. The maximum atomic E-state index is 13.3. The summed E-state index contributed by atoms with van der Waals surface area (Å²) in [6, 6.07) is 8.49. The molecule has 0 fully saturated rings. The van der Waals surface area contributed by atoms with Crippen molar-refractivity contribution in [2.45, 2.75) is 111 Å². The zero-order chi connectivity index (χ0) is 39.1. The first-order valence-electron chi connectivity index (χ1n) is 18.2. The molecule has 2 aromatic rings. The molecule has 0 spiro atoms. The number of carbonyl (C=O) groups is 2. The Bertz CT molecular complexity index is 1840. The highest BCUT2D eigenvalue weighted by Crippen LogP contribution is 2.41. The third kappa shape index (κ3) is 9.07. The lowest BCUT2D eigenvalue weighted by atomic mass is 9.72. The normalized spacial score (nSPS) is 16.4. The van der Waals surface area contributed by atoms with Gasteiger partial charge in [-0.15, -0.1) is 0 Å². The van der Waals surface area contributed by atoms with Gasteiger partial charge in [0, 0.05) is 22.3 Å². The molecule has 0 bridgehead atoms. The van der Waals surface area contributed by atoms with Crippen LogP contribution in [0.15, 0.2) is 115 Å². The van der Waals surface area contributed by atoms with E-state index in [-0.39, 0.29) is 33.2 Å². The van der Waals surface area contributed by atoms with Crippen LogP contribution in [0.2, 0.25) is 0 Å². The third-order valence-electron chi connectivity index (χ3n) is 9.58. The monoisotopic (exact) mass is 698 g/mol. The minimum absolute atomic E-state index is 0.104. The summed E-state index contributed by atoms with van der Waals surface area (Å²) in [6.45, 7) is 33.1. The number of aryl methyl sites for hydroxylation is 4. The van der Waals surface area contributed by atoms with Crippen LogP contribution >= 0.6 is 0 Å². The number of hydrogen-bond acceptors (Lipinski definition) is 6. The molecule has 2 aliphatic rings. The number of nitrogens with zero attached hydrogens (tertiary/aromatic N) is 4. The SMILES string of the molecule is Cc1cc(-c2cc(C)c(N=NC=C3C=C(C(C)(C)C)C(=O)C(C(C)(C)C)=C3)cc2C)c(C)cc1N=NC=C1C=C(C(C)(C)C)C(=O)C(C(C)(C)C)=C1. The molecule has 0 atom stereocenters. The van der Waals surface area contributed by atoms with Crippen LogP contribution in [0.1, 0.15) is 105 Å². The second-order valence-electron chi connectivity index (χ2n) is 18.5. The van der Waals surface area contributed by atoms with E-state index in [1.54, 1.807) is 12.4 Å². The van der Waals surface area contributed by atoms with Crippen LogP contribution in [0.25, 0.3) is 11.1 Å². The summed E-state index contributed by atoms with van der Waals surface area (Å²) in [7, 11) is 0. The molecule has 274 valence electrons. The van der Waals surface area contributed by atoms with Crippen LogP contribution in [0.4, 0.5) is 11.4 Å². The average Bonchev–Trinajstić information content (AvgIpc) is 2.99. The number of rotatable bonds is 5. The van der Waals surface area contributed by atoms with E-state index >= 15 is 0 Å². The molecular formula is C46H58N4O2. The molecular weight excluding hydrogens is 641 g/mol. The van der Waals surface area contributed by atoms with Gasteiger partial charge in [-0.05, 0) is 142 Å². The van der Waals surface area contributed by atoms with Crippen molar-refractivity contribution in [3.63, 3.8) is 0 Å². The van der Waals surface area contributed by atoms with Crippen molar-refractivity contribution in [1.82, 2.24) is 0 Å². The fourth-order valence-corrected chi connectivity index (χ4v) is 6.39. The fourth-order valence-electron chi connectivity index (χ4n) is 6.39. The quantitative estimate of drug-likeness (QED) is 0.291. The van der Waals surface area contributed by atoms with Crippen LogP contribution in [0, 0.1) is 49.4 Å². The van der Waals surface area contributed by atoms with Gasteiger partial charge in [-0.2, -0.15) is 20.5 Å². The molecule has 6 nitrogen and oxygen atoms in total. The Labute approximate surface area is 312 Å². The molecule has 4 rings (SSSR count). The van der Waals surface area contributed by atoms with E-state index in [1.165, 1.54) is 0 Å². The Balaban J connectivity index is 1.63. The van der Waals surface area contributed by atoms with Crippen molar-refractivity contribution in [2.75, 3.05) is 0 Å². The maximum absolute atomic E-state index is 13.3. The van der Waals surface area contributed by atoms with Crippen molar-refractivity contribution in [2.24, 2.45) is 42.1 Å². The molecule has 0 saturated heterocycles. The van der Waals surface area contributed by atoms with Crippen molar-refractivity contribution < 1.29 is 9.59 Å². The molecule has 0 unspecified atom stereocenters. The van der Waals surface area contributed by atoms with E-state index in [0.29, 0.717) is 0 Å². The summed E-state index contributed by atoms with van der Waals surface area (Å²) in [5.74, 6) is 0.208. The molecule has 0 heterocycles. The predicted molar refractivity (Wildman–Crippen MR) is 216 cm³/mol. The van der Waals surface area contributed by atoms with Gasteiger partial charge in [-0.25, -0.2) is 0 Å². The number of ketones is 2. The summed E-state index contributed by atoms with van der Waals surface area (Å²) < 4.78 is 0. The molecule has 0 N–H and O–H groups in total. The Kier molecular flexibility index (Phi) is 11.2. The molecule has 0 aromatic heterocycles. The second-order valence-corrected chi connectivity index (χ2v) is 18.5. The van der Waals surface area contributed by atoms with Crippen LogP contribution in [0.3, 0.4) is 0 Å². The lowest BCUT2D eigenvalue weighted by Crippen LogP contribution is -2.27. The largest absolute Gasteiger partial charge is 0.289 e. The van der Waals surface area contributed by atoms with Gasteiger partial charge in [0.15, 0.2) is 11.6 Å². The summed E-state index contributed by atoms with van der Waals surface area (Å²) in [5, 5.41) is 18.2. The average molecular weight is 699 g/mol. The van der Waals surface area contributed by atoms with Gasteiger partial charge < -0.3 is 0 Å². The van der Waals surface area contributed by atoms with E-state index in [4.69, 9.17) is 0 Å².